The lowest BCUT2D eigenvalue weighted by molar-refractivity contribution is -0.119. The van der Waals surface area contributed by atoms with Crippen LogP contribution in [0.25, 0.3) is 0 Å². The van der Waals surface area contributed by atoms with Crippen molar-refractivity contribution in [1.82, 2.24) is 9.29 Å². The van der Waals surface area contributed by atoms with Gasteiger partial charge in [0.15, 0.2) is 6.61 Å². The summed E-state index contributed by atoms with van der Waals surface area (Å²) in [6.07, 6.45) is 4.59. The van der Waals surface area contributed by atoms with Gasteiger partial charge in [-0.2, -0.15) is 4.31 Å². The van der Waals surface area contributed by atoms with E-state index in [1.54, 1.807) is 0 Å². The predicted octanol–water partition coefficient (Wildman–Crippen LogP) is 2.42. The van der Waals surface area contributed by atoms with E-state index in [2.05, 4.69) is 26.2 Å². The molecule has 28 heavy (non-hydrogen) atoms. The first-order chi connectivity index (χ1) is 13.4. The fraction of sp³-hybridized carbons (Fsp3) is 0.278. The van der Waals surface area contributed by atoms with Crippen molar-refractivity contribution in [3.63, 3.8) is 0 Å². The number of amides is 1. The second-order valence-corrected chi connectivity index (χ2v) is 9.01. The van der Waals surface area contributed by atoms with Gasteiger partial charge in [0.1, 0.15) is 0 Å². The van der Waals surface area contributed by atoms with Crippen molar-refractivity contribution < 1.29 is 22.7 Å². The van der Waals surface area contributed by atoms with E-state index < -0.39 is 28.5 Å². The van der Waals surface area contributed by atoms with Gasteiger partial charge in [-0.3, -0.25) is 9.78 Å². The highest BCUT2D eigenvalue weighted by atomic mass is 79.9. The Morgan fingerprint density at radius 2 is 1.82 bits per heavy atom. The lowest BCUT2D eigenvalue weighted by Gasteiger charge is -2.15. The number of hydrogen-bond acceptors (Lipinski definition) is 6. The Hall–Kier alpha value is -2.30. The highest BCUT2D eigenvalue weighted by Crippen LogP contribution is 2.22. The van der Waals surface area contributed by atoms with E-state index in [1.165, 1.54) is 47.0 Å². The van der Waals surface area contributed by atoms with Crippen LogP contribution < -0.4 is 5.32 Å². The number of carbonyl (C=O) groups is 2. The van der Waals surface area contributed by atoms with Crippen LogP contribution in [0.3, 0.4) is 0 Å². The van der Waals surface area contributed by atoms with Crippen molar-refractivity contribution in [2.24, 2.45) is 0 Å². The minimum absolute atomic E-state index is 0.181. The maximum Gasteiger partial charge on any atom is 0.340 e. The Morgan fingerprint density at radius 1 is 1.14 bits per heavy atom. The van der Waals surface area contributed by atoms with E-state index in [9.17, 15) is 18.0 Å². The molecule has 2 aromatic rings. The fourth-order valence-electron chi connectivity index (χ4n) is 2.72. The van der Waals surface area contributed by atoms with Crippen molar-refractivity contribution in [3.05, 3.63) is 52.8 Å². The summed E-state index contributed by atoms with van der Waals surface area (Å²) in [4.78, 5) is 27.9. The summed E-state index contributed by atoms with van der Waals surface area (Å²) in [5, 5.41) is 2.56. The van der Waals surface area contributed by atoms with Gasteiger partial charge >= 0.3 is 5.97 Å². The van der Waals surface area contributed by atoms with E-state index in [4.69, 9.17) is 4.74 Å². The molecule has 0 saturated carbocycles. The number of rotatable bonds is 6. The Balaban J connectivity index is 1.55. The first-order valence-electron chi connectivity index (χ1n) is 8.54. The topological polar surface area (TPSA) is 106 Å². The zero-order valence-electron chi connectivity index (χ0n) is 14.8. The average molecular weight is 468 g/mol. The molecular weight excluding hydrogens is 450 g/mol. The van der Waals surface area contributed by atoms with Crippen molar-refractivity contribution in [3.8, 4) is 0 Å². The van der Waals surface area contributed by atoms with Crippen LogP contribution in [-0.4, -0.2) is 49.3 Å². The lowest BCUT2D eigenvalue weighted by atomic mass is 10.3. The van der Waals surface area contributed by atoms with E-state index >= 15 is 0 Å². The minimum Gasteiger partial charge on any atom is -0.452 e. The molecule has 148 valence electrons. The first kappa shape index (κ1) is 20.4. The maximum atomic E-state index is 12.5. The fourth-order valence-corrected chi connectivity index (χ4v) is 4.60. The predicted molar refractivity (Wildman–Crippen MR) is 105 cm³/mol. The molecule has 1 N–H and O–H groups in total. The van der Waals surface area contributed by atoms with Crippen molar-refractivity contribution in [2.75, 3.05) is 25.0 Å². The highest BCUT2D eigenvalue weighted by molar-refractivity contribution is 9.10. The zero-order chi connectivity index (χ0) is 20.1. The molecular formula is C18H18BrN3O5S. The minimum atomic E-state index is -3.50. The summed E-state index contributed by atoms with van der Waals surface area (Å²) in [7, 11) is -3.50. The second-order valence-electron chi connectivity index (χ2n) is 6.15. The number of hydrogen-bond donors (Lipinski definition) is 1. The molecule has 1 aliphatic heterocycles. The molecule has 0 spiro atoms. The van der Waals surface area contributed by atoms with Crippen LogP contribution in [0.4, 0.5) is 5.69 Å². The summed E-state index contributed by atoms with van der Waals surface area (Å²) >= 11 is 3.20. The second kappa shape index (κ2) is 8.80. The standard InChI is InChI=1S/C18H18BrN3O5S/c19-14-9-13(10-20-11-14)18(24)27-12-17(23)21-15-3-5-16(6-4-15)28(25,26)22-7-1-2-8-22/h3-6,9-11H,1-2,7-8,12H2,(H,21,23). The van der Waals surface area contributed by atoms with Crippen molar-refractivity contribution in [2.45, 2.75) is 17.7 Å². The quantitative estimate of drug-likeness (QED) is 0.653. The summed E-state index contributed by atoms with van der Waals surface area (Å²) in [5.74, 6) is -1.21. The molecule has 2 heterocycles. The van der Waals surface area contributed by atoms with E-state index in [0.29, 0.717) is 23.2 Å². The number of sulfonamides is 1. The van der Waals surface area contributed by atoms with Gasteiger partial charge in [0, 0.05) is 35.6 Å². The van der Waals surface area contributed by atoms with Crippen LogP contribution >= 0.6 is 15.9 Å². The number of benzene rings is 1. The number of pyridine rings is 1. The van der Waals surface area contributed by atoms with Gasteiger partial charge in [0.05, 0.1) is 10.5 Å². The zero-order valence-corrected chi connectivity index (χ0v) is 17.2. The Morgan fingerprint density at radius 3 is 2.46 bits per heavy atom. The van der Waals surface area contributed by atoms with Gasteiger partial charge < -0.3 is 10.1 Å². The summed E-state index contributed by atoms with van der Waals surface area (Å²) in [6, 6.07) is 7.43. The molecule has 1 fully saturated rings. The molecule has 8 nitrogen and oxygen atoms in total. The number of halogens is 1. The number of carbonyl (C=O) groups excluding carboxylic acids is 2. The Bertz CT molecular complexity index is 973. The Kier molecular flexibility index (Phi) is 6.42. The molecule has 0 aliphatic carbocycles. The lowest BCUT2D eigenvalue weighted by Crippen LogP contribution is -2.27. The third-order valence-corrected chi connectivity index (χ3v) is 6.46. The van der Waals surface area contributed by atoms with Crippen LogP contribution in [0, 0.1) is 0 Å². The SMILES string of the molecule is O=C(COC(=O)c1cncc(Br)c1)Nc1ccc(S(=O)(=O)N2CCCC2)cc1. The third-order valence-electron chi connectivity index (χ3n) is 4.12. The highest BCUT2D eigenvalue weighted by Gasteiger charge is 2.26. The normalized spacial score (nSPS) is 14.6. The molecule has 3 rings (SSSR count). The summed E-state index contributed by atoms with van der Waals surface area (Å²) < 4.78 is 32.0. The van der Waals surface area contributed by atoms with Gasteiger partial charge in [-0.15, -0.1) is 0 Å². The summed E-state index contributed by atoms with van der Waals surface area (Å²) in [5.41, 5.74) is 0.629. The number of anilines is 1. The number of nitrogens with zero attached hydrogens (tertiary/aromatic N) is 2. The van der Waals surface area contributed by atoms with Gasteiger partial charge in [-0.05, 0) is 59.1 Å². The molecule has 1 saturated heterocycles. The molecule has 1 amide bonds. The number of esters is 1. The van der Waals surface area contributed by atoms with E-state index in [-0.39, 0.29) is 10.5 Å². The molecule has 0 radical (unpaired) electrons. The van der Waals surface area contributed by atoms with Crippen molar-refractivity contribution in [1.29, 1.82) is 0 Å². The summed E-state index contributed by atoms with van der Waals surface area (Å²) in [6.45, 7) is 0.582. The monoisotopic (exact) mass is 467 g/mol. The van der Waals surface area contributed by atoms with E-state index in [1.807, 2.05) is 0 Å². The number of ether oxygens (including phenoxy) is 1. The molecule has 0 bridgehead atoms. The molecule has 0 atom stereocenters. The number of nitrogens with one attached hydrogen (secondary N) is 1. The number of aromatic nitrogens is 1. The van der Waals surface area contributed by atoms with Crippen molar-refractivity contribution >= 4 is 43.5 Å². The van der Waals surface area contributed by atoms with Crippen LogP contribution in [0.15, 0.2) is 52.1 Å². The average Bonchev–Trinajstić information content (AvgIpc) is 3.22. The van der Waals surface area contributed by atoms with Gasteiger partial charge in [0.2, 0.25) is 10.0 Å². The van der Waals surface area contributed by atoms with Gasteiger partial charge in [-0.1, -0.05) is 0 Å². The van der Waals surface area contributed by atoms with Crippen LogP contribution in [0.5, 0.6) is 0 Å². The molecule has 1 aliphatic rings. The molecule has 1 aromatic heterocycles. The molecule has 10 heteroatoms. The van der Waals surface area contributed by atoms with Crippen LogP contribution in [-0.2, 0) is 19.6 Å². The van der Waals surface area contributed by atoms with Gasteiger partial charge in [-0.25, -0.2) is 13.2 Å². The molecule has 0 unspecified atom stereocenters. The molecule has 1 aromatic carbocycles. The van der Waals surface area contributed by atoms with Crippen LogP contribution in [0.1, 0.15) is 23.2 Å². The van der Waals surface area contributed by atoms with E-state index in [0.717, 1.165) is 12.8 Å². The maximum absolute atomic E-state index is 12.5. The Labute approximate surface area is 171 Å². The van der Waals surface area contributed by atoms with Gasteiger partial charge in [0.25, 0.3) is 5.91 Å². The smallest absolute Gasteiger partial charge is 0.340 e. The largest absolute Gasteiger partial charge is 0.452 e. The van der Waals surface area contributed by atoms with Crippen LogP contribution in [0.2, 0.25) is 0 Å². The third kappa shape index (κ3) is 4.94. The first-order valence-corrected chi connectivity index (χ1v) is 10.8.